The second-order valence-electron chi connectivity index (χ2n) is 6.39. The van der Waals surface area contributed by atoms with Gasteiger partial charge in [-0.05, 0) is 30.9 Å². The average Bonchev–Trinajstić information content (AvgIpc) is 3.28. The van der Waals surface area contributed by atoms with Gasteiger partial charge in [0.25, 0.3) is 11.5 Å². The van der Waals surface area contributed by atoms with Gasteiger partial charge in [-0.2, -0.15) is 5.21 Å². The first-order valence-electron chi connectivity index (χ1n) is 7.92. The van der Waals surface area contributed by atoms with Crippen molar-refractivity contribution in [2.24, 2.45) is 0 Å². The number of rotatable bonds is 2. The van der Waals surface area contributed by atoms with E-state index in [0.29, 0.717) is 17.7 Å². The smallest absolute Gasteiger partial charge is 0.313 e. The van der Waals surface area contributed by atoms with Gasteiger partial charge in [0.1, 0.15) is 0 Å². The number of hydrogen-bond acceptors (Lipinski definition) is 7. The molecule has 5 rings (SSSR count). The summed E-state index contributed by atoms with van der Waals surface area (Å²) in [6, 6.07) is 1.12. The van der Waals surface area contributed by atoms with Crippen LogP contribution < -0.4 is 16.6 Å². The molecule has 0 aliphatic carbocycles. The quantitative estimate of drug-likeness (QED) is 0.539. The molecule has 0 radical (unpaired) electrons. The normalized spacial score (nSPS) is 26.2. The zero-order chi connectivity index (χ0) is 16.3. The predicted octanol–water partition coefficient (Wildman–Crippen LogP) is -1.16. The zero-order valence-electron chi connectivity index (χ0n) is 12.6. The molecule has 2 unspecified atom stereocenters. The van der Waals surface area contributed by atoms with Crippen LogP contribution in [0.4, 0.5) is 0 Å². The number of nitrogens with one attached hydrogen (secondary N) is 3. The van der Waals surface area contributed by atoms with Crippen molar-refractivity contribution in [1.82, 2.24) is 45.0 Å². The molecule has 11 nitrogen and oxygen atoms in total. The Kier molecular flexibility index (Phi) is 2.74. The molecular weight excluding hydrogens is 314 g/mol. The molecule has 2 saturated heterocycles. The van der Waals surface area contributed by atoms with Crippen LogP contribution in [0.1, 0.15) is 31.7 Å². The molecule has 3 N–H and O–H groups in total. The number of tetrazole rings is 1. The van der Waals surface area contributed by atoms with E-state index in [2.05, 4.69) is 35.9 Å². The molecule has 5 heterocycles. The topological polar surface area (TPSA) is 139 Å². The maximum absolute atomic E-state index is 12.4. The van der Waals surface area contributed by atoms with Gasteiger partial charge >= 0.3 is 5.69 Å². The molecule has 0 aromatic carbocycles. The van der Waals surface area contributed by atoms with E-state index in [-0.39, 0.29) is 17.5 Å². The second-order valence-corrected chi connectivity index (χ2v) is 6.39. The Morgan fingerprint density at radius 3 is 2.67 bits per heavy atom. The van der Waals surface area contributed by atoms with Gasteiger partial charge in [0.05, 0.1) is 6.33 Å². The van der Waals surface area contributed by atoms with Crippen LogP contribution in [0.5, 0.6) is 0 Å². The lowest BCUT2D eigenvalue weighted by Crippen LogP contribution is -2.39. The summed E-state index contributed by atoms with van der Waals surface area (Å²) >= 11 is 0. The van der Waals surface area contributed by atoms with Crippen molar-refractivity contribution >= 4 is 11.2 Å². The van der Waals surface area contributed by atoms with Gasteiger partial charge < -0.3 is 9.88 Å². The highest BCUT2D eigenvalue weighted by Crippen LogP contribution is 2.35. The Morgan fingerprint density at radius 2 is 1.96 bits per heavy atom. The summed E-state index contributed by atoms with van der Waals surface area (Å²) < 4.78 is 3.16. The summed E-state index contributed by atoms with van der Waals surface area (Å²) in [5, 5.41) is 17.2. The summed E-state index contributed by atoms with van der Waals surface area (Å²) in [5.74, 6) is 0.0832. The van der Waals surface area contributed by atoms with E-state index in [4.69, 9.17) is 0 Å². The molecule has 3 aromatic rings. The molecule has 2 bridgehead atoms. The van der Waals surface area contributed by atoms with Gasteiger partial charge in [0.2, 0.25) is 0 Å². The van der Waals surface area contributed by atoms with Crippen LogP contribution in [0.3, 0.4) is 0 Å². The molecule has 11 heteroatoms. The van der Waals surface area contributed by atoms with E-state index in [9.17, 15) is 9.59 Å². The lowest BCUT2D eigenvalue weighted by Gasteiger charge is -2.30. The van der Waals surface area contributed by atoms with Crippen LogP contribution in [0, 0.1) is 0 Å². The summed E-state index contributed by atoms with van der Waals surface area (Å²) in [6.45, 7) is 0. The van der Waals surface area contributed by atoms with Gasteiger partial charge in [0.15, 0.2) is 11.2 Å². The number of nitrogens with zero attached hydrogens (tertiary/aromatic N) is 6. The van der Waals surface area contributed by atoms with Crippen molar-refractivity contribution in [1.29, 1.82) is 0 Å². The third-order valence-corrected chi connectivity index (χ3v) is 4.99. The van der Waals surface area contributed by atoms with E-state index < -0.39 is 11.2 Å². The third kappa shape index (κ3) is 1.87. The van der Waals surface area contributed by atoms with E-state index in [1.54, 1.807) is 6.33 Å². The fourth-order valence-corrected chi connectivity index (χ4v) is 4.00. The number of imidazole rings is 1. The molecule has 2 fully saturated rings. The Labute approximate surface area is 134 Å². The fourth-order valence-electron chi connectivity index (χ4n) is 4.00. The number of H-pyrrole nitrogens is 2. The second kappa shape index (κ2) is 4.84. The number of hydrogen-bond donors (Lipinski definition) is 3. The Hall–Kier alpha value is -2.82. The summed E-state index contributed by atoms with van der Waals surface area (Å²) in [4.78, 5) is 31.0. The number of piperidine rings is 1. The van der Waals surface area contributed by atoms with E-state index in [1.807, 2.05) is 4.57 Å². The first kappa shape index (κ1) is 13.6. The minimum Gasteiger partial charge on any atom is -0.313 e. The lowest BCUT2D eigenvalue weighted by atomic mass is 10.00. The van der Waals surface area contributed by atoms with Crippen LogP contribution in [-0.4, -0.2) is 51.8 Å². The average molecular weight is 329 g/mol. The number of aromatic nitrogens is 8. The highest BCUT2D eigenvalue weighted by molar-refractivity contribution is 5.71. The molecule has 2 atom stereocenters. The van der Waals surface area contributed by atoms with Crippen molar-refractivity contribution in [3.63, 3.8) is 0 Å². The van der Waals surface area contributed by atoms with Gasteiger partial charge in [-0.25, -0.2) is 14.3 Å². The standard InChI is InChI=1S/C13H15N9O2/c23-10-9-11(22(13(24)16-10)12-17-19-20-18-12)21(5-14-9)8-3-6-1-2-7(4-8)15-6/h5-8,15H,1-4H2,(H,16,23,24)(H,17,18,19,20). The molecule has 2 aliphatic rings. The van der Waals surface area contributed by atoms with Crippen LogP contribution in [0.2, 0.25) is 0 Å². The lowest BCUT2D eigenvalue weighted by molar-refractivity contribution is 0.301. The monoisotopic (exact) mass is 329 g/mol. The van der Waals surface area contributed by atoms with Gasteiger partial charge in [-0.1, -0.05) is 5.10 Å². The molecule has 3 aromatic heterocycles. The largest absolute Gasteiger partial charge is 0.337 e. The first-order valence-corrected chi connectivity index (χ1v) is 7.92. The van der Waals surface area contributed by atoms with Gasteiger partial charge in [-0.3, -0.25) is 9.78 Å². The van der Waals surface area contributed by atoms with E-state index in [1.165, 1.54) is 4.57 Å². The maximum atomic E-state index is 12.4. The van der Waals surface area contributed by atoms with Crippen molar-refractivity contribution < 1.29 is 0 Å². The van der Waals surface area contributed by atoms with Crippen molar-refractivity contribution in [3.8, 4) is 5.95 Å². The molecular formula is C13H15N9O2. The van der Waals surface area contributed by atoms with Gasteiger partial charge in [-0.15, -0.1) is 5.10 Å². The van der Waals surface area contributed by atoms with Crippen LogP contribution >= 0.6 is 0 Å². The molecule has 124 valence electrons. The molecule has 2 aliphatic heterocycles. The SMILES string of the molecule is O=c1[nH]c(=O)n(-c2nn[nH]n2)c2c1ncn2C1CC2CCC(C1)N2. The predicted molar refractivity (Wildman–Crippen MR) is 81.9 cm³/mol. The van der Waals surface area contributed by atoms with Gasteiger partial charge in [0, 0.05) is 18.1 Å². The minimum absolute atomic E-state index is 0.0832. The Balaban J connectivity index is 1.76. The zero-order valence-corrected chi connectivity index (χ0v) is 12.6. The van der Waals surface area contributed by atoms with Crippen LogP contribution in [0.25, 0.3) is 17.1 Å². The summed E-state index contributed by atoms with van der Waals surface area (Å²) in [5.41, 5.74) is -0.500. The number of fused-ring (bicyclic) bond motifs is 3. The summed E-state index contributed by atoms with van der Waals surface area (Å²) in [6.07, 6.45) is 5.83. The van der Waals surface area contributed by atoms with Crippen molar-refractivity contribution in [2.45, 2.75) is 43.8 Å². The van der Waals surface area contributed by atoms with Crippen molar-refractivity contribution in [2.75, 3.05) is 0 Å². The van der Waals surface area contributed by atoms with Crippen molar-refractivity contribution in [3.05, 3.63) is 27.2 Å². The third-order valence-electron chi connectivity index (χ3n) is 4.99. The Morgan fingerprint density at radius 1 is 1.17 bits per heavy atom. The number of aromatic amines is 2. The fraction of sp³-hybridized carbons (Fsp3) is 0.538. The van der Waals surface area contributed by atoms with E-state index in [0.717, 1.165) is 25.7 Å². The summed E-state index contributed by atoms with van der Waals surface area (Å²) in [7, 11) is 0. The first-order chi connectivity index (χ1) is 11.7. The molecule has 0 saturated carbocycles. The minimum atomic E-state index is -0.604. The van der Waals surface area contributed by atoms with Crippen LogP contribution in [0.15, 0.2) is 15.9 Å². The maximum Gasteiger partial charge on any atom is 0.337 e. The Bertz CT molecular complexity index is 1000. The van der Waals surface area contributed by atoms with Crippen LogP contribution in [-0.2, 0) is 0 Å². The molecule has 0 amide bonds. The highest BCUT2D eigenvalue weighted by Gasteiger charge is 2.35. The molecule has 0 spiro atoms. The van der Waals surface area contributed by atoms with E-state index >= 15 is 0 Å². The highest BCUT2D eigenvalue weighted by atomic mass is 16.2. The molecule has 24 heavy (non-hydrogen) atoms.